The molecular formula is C8H17N3O. The number of primary amides is 1. The minimum atomic E-state index is -0.298. The van der Waals surface area contributed by atoms with Gasteiger partial charge in [0.15, 0.2) is 0 Å². The smallest absolute Gasteiger partial charge is 0.315 e. The molecular weight excluding hydrogens is 154 g/mol. The highest BCUT2D eigenvalue weighted by atomic mass is 16.2. The Balaban J connectivity index is 2.32. The average molecular weight is 171 g/mol. The van der Waals surface area contributed by atoms with Gasteiger partial charge in [0.1, 0.15) is 0 Å². The number of hydrogen-bond donors (Lipinski definition) is 2. The molecule has 0 aromatic heterocycles. The maximum absolute atomic E-state index is 10.9. The van der Waals surface area contributed by atoms with Crippen LogP contribution in [-0.4, -0.2) is 30.1 Å². The van der Waals surface area contributed by atoms with Crippen molar-refractivity contribution in [3.8, 4) is 0 Å². The van der Waals surface area contributed by atoms with E-state index in [4.69, 9.17) is 11.5 Å². The summed E-state index contributed by atoms with van der Waals surface area (Å²) in [6.45, 7) is 1.34. The second kappa shape index (κ2) is 4.30. The highest BCUT2D eigenvalue weighted by Crippen LogP contribution is 2.24. The van der Waals surface area contributed by atoms with Gasteiger partial charge in [-0.25, -0.2) is 4.79 Å². The molecule has 0 heterocycles. The van der Waals surface area contributed by atoms with Gasteiger partial charge in [-0.05, 0) is 32.2 Å². The third-order valence-electron chi connectivity index (χ3n) is 2.40. The monoisotopic (exact) mass is 171 g/mol. The van der Waals surface area contributed by atoms with Crippen molar-refractivity contribution in [3.63, 3.8) is 0 Å². The molecule has 1 fully saturated rings. The first kappa shape index (κ1) is 9.32. The van der Waals surface area contributed by atoms with Crippen LogP contribution in [0.5, 0.6) is 0 Å². The zero-order chi connectivity index (χ0) is 8.97. The Morgan fingerprint density at radius 2 is 2.17 bits per heavy atom. The van der Waals surface area contributed by atoms with E-state index in [1.165, 1.54) is 6.42 Å². The van der Waals surface area contributed by atoms with Crippen LogP contribution < -0.4 is 11.5 Å². The van der Waals surface area contributed by atoms with E-state index >= 15 is 0 Å². The van der Waals surface area contributed by atoms with Crippen molar-refractivity contribution in [3.05, 3.63) is 0 Å². The summed E-state index contributed by atoms with van der Waals surface area (Å²) in [6.07, 6.45) is 4.28. The molecule has 12 heavy (non-hydrogen) atoms. The first-order valence-electron chi connectivity index (χ1n) is 4.52. The van der Waals surface area contributed by atoms with E-state index in [-0.39, 0.29) is 6.03 Å². The first-order valence-corrected chi connectivity index (χ1v) is 4.52. The van der Waals surface area contributed by atoms with Crippen LogP contribution in [0.1, 0.15) is 25.7 Å². The lowest BCUT2D eigenvalue weighted by Gasteiger charge is -2.36. The fourth-order valence-electron chi connectivity index (χ4n) is 1.43. The van der Waals surface area contributed by atoms with Gasteiger partial charge in [0.2, 0.25) is 0 Å². The highest BCUT2D eigenvalue weighted by Gasteiger charge is 2.26. The Hall–Kier alpha value is -0.770. The second-order valence-corrected chi connectivity index (χ2v) is 3.26. The SMILES string of the molecule is NCCCN(C(N)=O)C1CCC1. The van der Waals surface area contributed by atoms with Gasteiger partial charge < -0.3 is 16.4 Å². The molecule has 0 unspecified atom stereocenters. The molecule has 2 amide bonds. The Morgan fingerprint density at radius 3 is 2.50 bits per heavy atom. The largest absolute Gasteiger partial charge is 0.351 e. The van der Waals surface area contributed by atoms with Gasteiger partial charge in [-0.15, -0.1) is 0 Å². The molecule has 0 aromatic rings. The lowest BCUT2D eigenvalue weighted by atomic mass is 9.91. The van der Waals surface area contributed by atoms with Gasteiger partial charge in [0.05, 0.1) is 0 Å². The molecule has 0 saturated heterocycles. The summed E-state index contributed by atoms with van der Waals surface area (Å²) in [5.41, 5.74) is 10.6. The second-order valence-electron chi connectivity index (χ2n) is 3.26. The maximum Gasteiger partial charge on any atom is 0.315 e. The number of carbonyl (C=O) groups excluding carboxylic acids is 1. The van der Waals surface area contributed by atoms with Gasteiger partial charge in [-0.2, -0.15) is 0 Å². The third-order valence-corrected chi connectivity index (χ3v) is 2.40. The van der Waals surface area contributed by atoms with Crippen LogP contribution in [0, 0.1) is 0 Å². The lowest BCUT2D eigenvalue weighted by molar-refractivity contribution is 0.145. The number of nitrogens with zero attached hydrogens (tertiary/aromatic N) is 1. The number of carbonyl (C=O) groups is 1. The number of rotatable bonds is 4. The lowest BCUT2D eigenvalue weighted by Crippen LogP contribution is -2.47. The summed E-state index contributed by atoms with van der Waals surface area (Å²) >= 11 is 0. The van der Waals surface area contributed by atoms with Gasteiger partial charge >= 0.3 is 6.03 Å². The first-order chi connectivity index (χ1) is 5.75. The predicted octanol–water partition coefficient (Wildman–Crippen LogP) is 0.268. The molecule has 4 N–H and O–H groups in total. The average Bonchev–Trinajstić information content (AvgIpc) is 1.93. The zero-order valence-corrected chi connectivity index (χ0v) is 7.33. The van der Waals surface area contributed by atoms with Crippen molar-refractivity contribution in [1.82, 2.24) is 4.90 Å². The Bertz CT molecular complexity index is 156. The van der Waals surface area contributed by atoms with E-state index in [1.807, 2.05) is 0 Å². The standard InChI is InChI=1S/C8H17N3O/c9-5-2-6-11(8(10)12)7-3-1-4-7/h7H,1-6,9H2,(H2,10,12). The fourth-order valence-corrected chi connectivity index (χ4v) is 1.43. The van der Waals surface area contributed by atoms with E-state index < -0.39 is 0 Å². The molecule has 1 aliphatic carbocycles. The number of urea groups is 1. The van der Waals surface area contributed by atoms with Gasteiger partial charge in [0.25, 0.3) is 0 Å². The van der Waals surface area contributed by atoms with Crippen LogP contribution in [0.4, 0.5) is 4.79 Å². The summed E-state index contributed by atoms with van der Waals surface area (Å²) in [6, 6.07) is 0.0993. The number of hydrogen-bond acceptors (Lipinski definition) is 2. The van der Waals surface area contributed by atoms with Crippen LogP contribution >= 0.6 is 0 Å². The third kappa shape index (κ3) is 2.11. The molecule has 70 valence electrons. The van der Waals surface area contributed by atoms with E-state index in [2.05, 4.69) is 0 Å². The normalized spacial score (nSPS) is 17.1. The molecule has 4 nitrogen and oxygen atoms in total. The predicted molar refractivity (Wildman–Crippen MR) is 47.6 cm³/mol. The molecule has 0 aromatic carbocycles. The summed E-state index contributed by atoms with van der Waals surface area (Å²) in [5.74, 6) is 0. The van der Waals surface area contributed by atoms with Gasteiger partial charge in [-0.1, -0.05) is 0 Å². The van der Waals surface area contributed by atoms with Crippen LogP contribution in [0.2, 0.25) is 0 Å². The van der Waals surface area contributed by atoms with Crippen molar-refractivity contribution in [2.75, 3.05) is 13.1 Å². The van der Waals surface area contributed by atoms with Crippen LogP contribution in [0.3, 0.4) is 0 Å². The van der Waals surface area contributed by atoms with E-state index in [0.717, 1.165) is 25.8 Å². The van der Waals surface area contributed by atoms with Crippen molar-refractivity contribution >= 4 is 6.03 Å². The van der Waals surface area contributed by atoms with Gasteiger partial charge in [0, 0.05) is 12.6 Å². The summed E-state index contributed by atoms with van der Waals surface area (Å²) < 4.78 is 0. The number of amides is 2. The van der Waals surface area contributed by atoms with E-state index in [1.54, 1.807) is 4.90 Å². The molecule has 1 aliphatic rings. The maximum atomic E-state index is 10.9. The number of nitrogens with two attached hydrogens (primary N) is 2. The quantitative estimate of drug-likeness (QED) is 0.637. The molecule has 1 saturated carbocycles. The van der Waals surface area contributed by atoms with Crippen molar-refractivity contribution in [2.45, 2.75) is 31.7 Å². The van der Waals surface area contributed by atoms with Crippen molar-refractivity contribution in [2.24, 2.45) is 11.5 Å². The van der Waals surface area contributed by atoms with Crippen LogP contribution in [0.25, 0.3) is 0 Å². The van der Waals surface area contributed by atoms with Gasteiger partial charge in [-0.3, -0.25) is 0 Å². The summed E-state index contributed by atoms with van der Waals surface area (Å²) in [4.78, 5) is 12.7. The molecule has 0 bridgehead atoms. The molecule has 4 heteroatoms. The zero-order valence-electron chi connectivity index (χ0n) is 7.33. The minimum Gasteiger partial charge on any atom is -0.351 e. The van der Waals surface area contributed by atoms with Crippen molar-refractivity contribution in [1.29, 1.82) is 0 Å². The van der Waals surface area contributed by atoms with Crippen molar-refractivity contribution < 1.29 is 4.79 Å². The van der Waals surface area contributed by atoms with E-state index in [0.29, 0.717) is 12.6 Å². The highest BCUT2D eigenvalue weighted by molar-refractivity contribution is 5.72. The Morgan fingerprint density at radius 1 is 1.50 bits per heavy atom. The fraction of sp³-hybridized carbons (Fsp3) is 0.875. The minimum absolute atomic E-state index is 0.298. The molecule has 1 rings (SSSR count). The Labute approximate surface area is 72.9 Å². The summed E-state index contributed by atoms with van der Waals surface area (Å²) in [7, 11) is 0. The summed E-state index contributed by atoms with van der Waals surface area (Å²) in [5, 5.41) is 0. The van der Waals surface area contributed by atoms with E-state index in [9.17, 15) is 4.79 Å². The van der Waals surface area contributed by atoms with Crippen LogP contribution in [0.15, 0.2) is 0 Å². The topological polar surface area (TPSA) is 72.3 Å². The molecule has 0 aliphatic heterocycles. The van der Waals surface area contributed by atoms with Crippen LogP contribution in [-0.2, 0) is 0 Å². The molecule has 0 radical (unpaired) electrons. The Kier molecular flexibility index (Phi) is 3.34. The molecule has 0 atom stereocenters. The molecule has 0 spiro atoms.